The van der Waals surface area contributed by atoms with Gasteiger partial charge in [0.25, 0.3) is 0 Å². The van der Waals surface area contributed by atoms with E-state index in [0.29, 0.717) is 13.1 Å². The number of pyridine rings is 1. The van der Waals surface area contributed by atoms with Gasteiger partial charge in [0.15, 0.2) is 0 Å². The number of β-amino-alcohol motifs (C(OH)–C–C–N with tert-alkyl or cyclic N) is 1. The molecule has 2 aliphatic heterocycles. The Morgan fingerprint density at radius 2 is 1.89 bits per heavy atom. The van der Waals surface area contributed by atoms with Gasteiger partial charge in [-0.05, 0) is 50.0 Å². The van der Waals surface area contributed by atoms with Crippen molar-refractivity contribution in [2.24, 2.45) is 11.8 Å². The van der Waals surface area contributed by atoms with Crippen molar-refractivity contribution >= 4 is 41.6 Å². The molecular formula is C20H27Cl2N3O2. The molecule has 7 heteroatoms. The number of aliphatic hydroxyl groups excluding tert-OH is 1. The maximum Gasteiger partial charge on any atom is 0.225 e. The highest BCUT2D eigenvalue weighted by molar-refractivity contribution is 5.85. The quantitative estimate of drug-likeness (QED) is 0.813. The monoisotopic (exact) mass is 411 g/mol. The number of fused-ring (bicyclic) bond motifs is 1. The highest BCUT2D eigenvalue weighted by atomic mass is 35.5. The van der Waals surface area contributed by atoms with Gasteiger partial charge in [-0.25, -0.2) is 0 Å². The van der Waals surface area contributed by atoms with Crippen LogP contribution in [0.1, 0.15) is 18.4 Å². The molecule has 0 unspecified atom stereocenters. The summed E-state index contributed by atoms with van der Waals surface area (Å²) < 4.78 is 0. The fourth-order valence-corrected chi connectivity index (χ4v) is 4.18. The van der Waals surface area contributed by atoms with Gasteiger partial charge in [-0.15, -0.1) is 24.8 Å². The van der Waals surface area contributed by atoms with E-state index in [1.165, 1.54) is 5.56 Å². The number of likely N-dealkylation sites (tertiary alicyclic amines) is 1. The third-order valence-electron chi connectivity index (χ3n) is 5.63. The molecule has 27 heavy (non-hydrogen) atoms. The molecule has 0 spiro atoms. The van der Waals surface area contributed by atoms with Gasteiger partial charge in [0.2, 0.25) is 5.91 Å². The van der Waals surface area contributed by atoms with Gasteiger partial charge in [-0.3, -0.25) is 9.78 Å². The molecule has 5 nitrogen and oxygen atoms in total. The van der Waals surface area contributed by atoms with Crippen molar-refractivity contribution in [1.29, 1.82) is 0 Å². The molecule has 2 atom stereocenters. The number of aromatic nitrogens is 1. The molecule has 1 aromatic carbocycles. The fourth-order valence-electron chi connectivity index (χ4n) is 4.18. The number of para-hydroxylation sites is 1. The highest BCUT2D eigenvalue weighted by Crippen LogP contribution is 2.27. The van der Waals surface area contributed by atoms with Gasteiger partial charge in [-0.2, -0.15) is 0 Å². The first-order chi connectivity index (χ1) is 12.2. The van der Waals surface area contributed by atoms with E-state index in [4.69, 9.17) is 0 Å². The average Bonchev–Trinajstić information content (AvgIpc) is 3.03. The minimum atomic E-state index is -0.447. The molecular weight excluding hydrogens is 385 g/mol. The number of halogens is 2. The maximum atomic E-state index is 12.7. The van der Waals surface area contributed by atoms with E-state index in [9.17, 15) is 9.90 Å². The zero-order valence-corrected chi connectivity index (χ0v) is 16.8. The Labute approximate surface area is 172 Å². The Morgan fingerprint density at radius 3 is 2.67 bits per heavy atom. The predicted molar refractivity (Wildman–Crippen MR) is 112 cm³/mol. The molecule has 1 amide bonds. The second kappa shape index (κ2) is 9.69. The molecule has 0 aliphatic carbocycles. The van der Waals surface area contributed by atoms with Gasteiger partial charge in [-0.1, -0.05) is 18.2 Å². The molecule has 0 saturated carbocycles. The van der Waals surface area contributed by atoms with Crippen LogP contribution in [0.4, 0.5) is 0 Å². The van der Waals surface area contributed by atoms with Crippen LogP contribution < -0.4 is 5.32 Å². The van der Waals surface area contributed by atoms with Crippen LogP contribution in [-0.2, 0) is 11.2 Å². The molecule has 2 saturated heterocycles. The lowest BCUT2D eigenvalue weighted by molar-refractivity contribution is -0.135. The summed E-state index contributed by atoms with van der Waals surface area (Å²) in [5, 5.41) is 15.0. The number of amides is 1. The van der Waals surface area contributed by atoms with Crippen LogP contribution in [0, 0.1) is 11.8 Å². The van der Waals surface area contributed by atoms with Gasteiger partial charge >= 0.3 is 0 Å². The second-order valence-corrected chi connectivity index (χ2v) is 7.29. The summed E-state index contributed by atoms with van der Waals surface area (Å²) in [4.78, 5) is 19.0. The van der Waals surface area contributed by atoms with E-state index < -0.39 is 6.10 Å². The minimum absolute atomic E-state index is 0. The number of piperidine rings is 1. The van der Waals surface area contributed by atoms with E-state index in [2.05, 4.69) is 16.4 Å². The molecule has 2 aliphatic rings. The third-order valence-corrected chi connectivity index (χ3v) is 5.63. The zero-order chi connectivity index (χ0) is 17.2. The Hall–Kier alpha value is -1.40. The number of benzene rings is 1. The van der Waals surface area contributed by atoms with Crippen molar-refractivity contribution < 1.29 is 9.90 Å². The fraction of sp³-hybridized carbons (Fsp3) is 0.500. The van der Waals surface area contributed by atoms with Crippen LogP contribution in [0.25, 0.3) is 10.9 Å². The van der Waals surface area contributed by atoms with Crippen LogP contribution in [0.2, 0.25) is 0 Å². The van der Waals surface area contributed by atoms with Crippen molar-refractivity contribution in [1.82, 2.24) is 15.2 Å². The smallest absolute Gasteiger partial charge is 0.225 e. The number of nitrogens with one attached hydrogen (secondary N) is 1. The SMILES string of the molecule is Cl.Cl.O=C(C1CCNCC1)N1C[C@@H](Cc2ccnc3ccccc23)[C@@H](O)C1. The lowest BCUT2D eigenvalue weighted by Gasteiger charge is -2.26. The van der Waals surface area contributed by atoms with Crippen molar-refractivity contribution in [2.75, 3.05) is 26.2 Å². The van der Waals surface area contributed by atoms with Gasteiger partial charge < -0.3 is 15.3 Å². The van der Waals surface area contributed by atoms with Crippen LogP contribution >= 0.6 is 24.8 Å². The number of hydrogen-bond donors (Lipinski definition) is 2. The number of hydrogen-bond acceptors (Lipinski definition) is 4. The largest absolute Gasteiger partial charge is 0.391 e. The average molecular weight is 412 g/mol. The topological polar surface area (TPSA) is 65.5 Å². The number of nitrogens with zero attached hydrogens (tertiary/aromatic N) is 2. The van der Waals surface area contributed by atoms with Crippen molar-refractivity contribution in [3.63, 3.8) is 0 Å². The van der Waals surface area contributed by atoms with Crippen LogP contribution in [0.5, 0.6) is 0 Å². The molecule has 3 heterocycles. The predicted octanol–water partition coefficient (Wildman–Crippen LogP) is 2.44. The van der Waals surface area contributed by atoms with Crippen LogP contribution in [0.3, 0.4) is 0 Å². The summed E-state index contributed by atoms with van der Waals surface area (Å²) in [5.41, 5.74) is 2.18. The molecule has 0 radical (unpaired) electrons. The molecule has 2 aromatic rings. The first-order valence-electron chi connectivity index (χ1n) is 9.22. The minimum Gasteiger partial charge on any atom is -0.391 e. The zero-order valence-electron chi connectivity index (χ0n) is 15.2. The number of carbonyl (C=O) groups excluding carboxylic acids is 1. The van der Waals surface area contributed by atoms with E-state index in [-0.39, 0.29) is 42.6 Å². The number of carbonyl (C=O) groups is 1. The van der Waals surface area contributed by atoms with E-state index >= 15 is 0 Å². The Bertz CT molecular complexity index is 762. The summed E-state index contributed by atoms with van der Waals surface area (Å²) in [6.45, 7) is 2.95. The highest BCUT2D eigenvalue weighted by Gasteiger charge is 2.36. The Balaban J connectivity index is 0.00000131. The van der Waals surface area contributed by atoms with Gasteiger partial charge in [0.05, 0.1) is 11.6 Å². The first-order valence-corrected chi connectivity index (χ1v) is 9.22. The number of aliphatic hydroxyl groups is 1. The molecule has 2 N–H and O–H groups in total. The molecule has 1 aromatic heterocycles. The summed E-state index contributed by atoms with van der Waals surface area (Å²) in [7, 11) is 0. The van der Waals surface area contributed by atoms with E-state index in [1.54, 1.807) is 0 Å². The Kier molecular flexibility index (Phi) is 7.86. The van der Waals surface area contributed by atoms with Gasteiger partial charge in [0.1, 0.15) is 0 Å². The summed E-state index contributed by atoms with van der Waals surface area (Å²) in [6.07, 6.45) is 3.98. The van der Waals surface area contributed by atoms with Gasteiger partial charge in [0, 0.05) is 36.5 Å². The van der Waals surface area contributed by atoms with Crippen LogP contribution in [0.15, 0.2) is 36.5 Å². The third kappa shape index (κ3) is 4.72. The lowest BCUT2D eigenvalue weighted by Crippen LogP contribution is -2.40. The molecule has 148 valence electrons. The van der Waals surface area contributed by atoms with Crippen molar-refractivity contribution in [3.05, 3.63) is 42.1 Å². The normalized spacial score (nSPS) is 22.9. The van der Waals surface area contributed by atoms with E-state index in [1.807, 2.05) is 35.4 Å². The number of rotatable bonds is 3. The van der Waals surface area contributed by atoms with E-state index in [0.717, 1.165) is 43.3 Å². The second-order valence-electron chi connectivity index (χ2n) is 7.29. The molecule has 4 rings (SSSR count). The lowest BCUT2D eigenvalue weighted by atomic mass is 9.94. The summed E-state index contributed by atoms with van der Waals surface area (Å²) in [6, 6.07) is 10.1. The Morgan fingerprint density at radius 1 is 1.15 bits per heavy atom. The molecule has 0 bridgehead atoms. The van der Waals surface area contributed by atoms with Crippen LogP contribution in [-0.4, -0.2) is 53.2 Å². The first kappa shape index (κ1) is 21.9. The summed E-state index contributed by atoms with van der Waals surface area (Å²) in [5.74, 6) is 0.438. The van der Waals surface area contributed by atoms with Crippen molar-refractivity contribution in [3.8, 4) is 0 Å². The summed E-state index contributed by atoms with van der Waals surface area (Å²) >= 11 is 0. The van der Waals surface area contributed by atoms with Crippen molar-refractivity contribution in [2.45, 2.75) is 25.4 Å². The maximum absolute atomic E-state index is 12.7. The molecule has 2 fully saturated rings. The standard InChI is InChI=1S/C20H25N3O2.2ClH/c24-19-13-23(20(25)14-5-8-21-9-6-14)12-16(19)11-15-7-10-22-18-4-2-1-3-17(15)18;;/h1-4,7,10,14,16,19,21,24H,5-6,8-9,11-13H2;2*1H/t16-,19+;;/m1../s1.